The van der Waals surface area contributed by atoms with Crippen molar-refractivity contribution in [3.63, 3.8) is 0 Å². The SMILES string of the molecule is O=C(CCN1CCNCC1)NCc1ccccc1. The van der Waals surface area contributed by atoms with Crippen molar-refractivity contribution in [1.82, 2.24) is 15.5 Å². The lowest BCUT2D eigenvalue weighted by Crippen LogP contribution is -2.44. The van der Waals surface area contributed by atoms with Crippen molar-refractivity contribution < 1.29 is 4.79 Å². The van der Waals surface area contributed by atoms with Crippen LogP contribution in [0.5, 0.6) is 0 Å². The van der Waals surface area contributed by atoms with Crippen LogP contribution in [0.4, 0.5) is 0 Å². The van der Waals surface area contributed by atoms with E-state index in [0.717, 1.165) is 38.3 Å². The second-order valence-corrected chi connectivity index (χ2v) is 4.60. The highest BCUT2D eigenvalue weighted by Gasteiger charge is 2.10. The topological polar surface area (TPSA) is 44.4 Å². The van der Waals surface area contributed by atoms with Gasteiger partial charge in [-0.2, -0.15) is 0 Å². The van der Waals surface area contributed by atoms with E-state index in [2.05, 4.69) is 15.5 Å². The number of rotatable bonds is 5. The van der Waals surface area contributed by atoms with E-state index in [1.807, 2.05) is 30.3 Å². The third kappa shape index (κ3) is 4.47. The van der Waals surface area contributed by atoms with Crippen molar-refractivity contribution in [3.8, 4) is 0 Å². The summed E-state index contributed by atoms with van der Waals surface area (Å²) in [6.45, 7) is 5.65. The van der Waals surface area contributed by atoms with Crippen molar-refractivity contribution in [1.29, 1.82) is 0 Å². The Morgan fingerprint density at radius 2 is 1.94 bits per heavy atom. The van der Waals surface area contributed by atoms with Gasteiger partial charge in [-0.05, 0) is 5.56 Å². The van der Waals surface area contributed by atoms with Gasteiger partial charge in [0.15, 0.2) is 0 Å². The quantitative estimate of drug-likeness (QED) is 0.801. The highest BCUT2D eigenvalue weighted by molar-refractivity contribution is 5.76. The molecule has 0 saturated carbocycles. The van der Waals surface area contributed by atoms with Crippen molar-refractivity contribution in [3.05, 3.63) is 35.9 Å². The molecule has 1 fully saturated rings. The van der Waals surface area contributed by atoms with Gasteiger partial charge >= 0.3 is 0 Å². The number of benzene rings is 1. The van der Waals surface area contributed by atoms with E-state index in [1.54, 1.807) is 0 Å². The maximum Gasteiger partial charge on any atom is 0.221 e. The van der Waals surface area contributed by atoms with E-state index >= 15 is 0 Å². The molecule has 1 aromatic rings. The number of hydrogen-bond donors (Lipinski definition) is 2. The highest BCUT2D eigenvalue weighted by Crippen LogP contribution is 1.98. The first-order chi connectivity index (χ1) is 8.84. The predicted octanol–water partition coefficient (Wildman–Crippen LogP) is 0.598. The average molecular weight is 247 g/mol. The third-order valence-electron chi connectivity index (χ3n) is 3.20. The minimum Gasteiger partial charge on any atom is -0.352 e. The van der Waals surface area contributed by atoms with Crippen molar-refractivity contribution in [2.45, 2.75) is 13.0 Å². The monoisotopic (exact) mass is 247 g/mol. The Hall–Kier alpha value is -1.39. The van der Waals surface area contributed by atoms with Crippen LogP contribution in [0, 0.1) is 0 Å². The van der Waals surface area contributed by atoms with Crippen LogP contribution in [-0.4, -0.2) is 43.5 Å². The normalized spacial score (nSPS) is 16.4. The second-order valence-electron chi connectivity index (χ2n) is 4.60. The largest absolute Gasteiger partial charge is 0.352 e. The molecule has 0 radical (unpaired) electrons. The van der Waals surface area contributed by atoms with Crippen LogP contribution < -0.4 is 10.6 Å². The lowest BCUT2D eigenvalue weighted by atomic mass is 10.2. The van der Waals surface area contributed by atoms with E-state index in [-0.39, 0.29) is 5.91 Å². The molecule has 1 heterocycles. The van der Waals surface area contributed by atoms with Crippen molar-refractivity contribution >= 4 is 5.91 Å². The molecule has 1 aliphatic rings. The molecule has 0 aliphatic carbocycles. The first-order valence-electron chi connectivity index (χ1n) is 6.58. The molecule has 0 unspecified atom stereocenters. The minimum absolute atomic E-state index is 0.136. The number of nitrogens with zero attached hydrogens (tertiary/aromatic N) is 1. The van der Waals surface area contributed by atoms with Crippen LogP contribution in [0.25, 0.3) is 0 Å². The van der Waals surface area contributed by atoms with Gasteiger partial charge in [0.05, 0.1) is 0 Å². The Labute approximate surface area is 108 Å². The standard InChI is InChI=1S/C14H21N3O/c18-14(6-9-17-10-7-15-8-11-17)16-12-13-4-2-1-3-5-13/h1-5,15H,6-12H2,(H,16,18). The molecule has 98 valence electrons. The maximum atomic E-state index is 11.7. The van der Waals surface area contributed by atoms with Gasteiger partial charge in [-0.25, -0.2) is 0 Å². The summed E-state index contributed by atoms with van der Waals surface area (Å²) in [4.78, 5) is 14.0. The fraction of sp³-hybridized carbons (Fsp3) is 0.500. The molecule has 1 aromatic carbocycles. The Kier molecular flexibility index (Phi) is 5.17. The Bertz CT molecular complexity index is 361. The summed E-state index contributed by atoms with van der Waals surface area (Å²) in [7, 11) is 0. The Morgan fingerprint density at radius 1 is 1.22 bits per heavy atom. The van der Waals surface area contributed by atoms with E-state index in [1.165, 1.54) is 0 Å². The predicted molar refractivity (Wildman–Crippen MR) is 72.2 cm³/mol. The zero-order valence-corrected chi connectivity index (χ0v) is 10.7. The van der Waals surface area contributed by atoms with Crippen molar-refractivity contribution in [2.24, 2.45) is 0 Å². The number of hydrogen-bond acceptors (Lipinski definition) is 3. The molecule has 0 atom stereocenters. The van der Waals surface area contributed by atoms with Crippen LogP contribution in [0.3, 0.4) is 0 Å². The van der Waals surface area contributed by atoms with Crippen LogP contribution >= 0.6 is 0 Å². The molecule has 0 spiro atoms. The van der Waals surface area contributed by atoms with Gasteiger partial charge in [-0.3, -0.25) is 4.79 Å². The van der Waals surface area contributed by atoms with E-state index < -0.39 is 0 Å². The lowest BCUT2D eigenvalue weighted by molar-refractivity contribution is -0.121. The van der Waals surface area contributed by atoms with Gasteiger partial charge in [0.25, 0.3) is 0 Å². The van der Waals surface area contributed by atoms with Crippen LogP contribution in [0.1, 0.15) is 12.0 Å². The number of nitrogens with one attached hydrogen (secondary N) is 2. The van der Waals surface area contributed by atoms with Gasteiger partial charge in [-0.15, -0.1) is 0 Å². The van der Waals surface area contributed by atoms with Gasteiger partial charge in [0.2, 0.25) is 5.91 Å². The summed E-state index contributed by atoms with van der Waals surface area (Å²) in [5, 5.41) is 6.26. The molecule has 2 N–H and O–H groups in total. The first-order valence-corrected chi connectivity index (χ1v) is 6.58. The van der Waals surface area contributed by atoms with E-state index in [4.69, 9.17) is 0 Å². The third-order valence-corrected chi connectivity index (χ3v) is 3.20. The molecule has 1 amide bonds. The van der Waals surface area contributed by atoms with Crippen LogP contribution in [-0.2, 0) is 11.3 Å². The van der Waals surface area contributed by atoms with E-state index in [0.29, 0.717) is 13.0 Å². The Morgan fingerprint density at radius 3 is 2.67 bits per heavy atom. The fourth-order valence-corrected chi connectivity index (χ4v) is 2.08. The summed E-state index contributed by atoms with van der Waals surface area (Å²) >= 11 is 0. The number of carbonyl (C=O) groups is 1. The molecular formula is C14H21N3O. The summed E-state index contributed by atoms with van der Waals surface area (Å²) in [5.74, 6) is 0.136. The van der Waals surface area contributed by atoms with Gasteiger partial charge < -0.3 is 15.5 Å². The maximum absolute atomic E-state index is 11.7. The summed E-state index contributed by atoms with van der Waals surface area (Å²) in [5.41, 5.74) is 1.15. The molecular weight excluding hydrogens is 226 g/mol. The number of piperazine rings is 1. The highest BCUT2D eigenvalue weighted by atomic mass is 16.1. The van der Waals surface area contributed by atoms with Gasteiger partial charge in [0, 0.05) is 45.7 Å². The minimum atomic E-state index is 0.136. The van der Waals surface area contributed by atoms with Crippen LogP contribution in [0.15, 0.2) is 30.3 Å². The summed E-state index contributed by atoms with van der Waals surface area (Å²) < 4.78 is 0. The fourth-order valence-electron chi connectivity index (χ4n) is 2.08. The first kappa shape index (κ1) is 13.1. The molecule has 1 aliphatic heterocycles. The second kappa shape index (κ2) is 7.13. The van der Waals surface area contributed by atoms with Crippen LogP contribution in [0.2, 0.25) is 0 Å². The number of amides is 1. The molecule has 0 aromatic heterocycles. The Balaban J connectivity index is 1.63. The van der Waals surface area contributed by atoms with Crippen molar-refractivity contribution in [2.75, 3.05) is 32.7 Å². The lowest BCUT2D eigenvalue weighted by Gasteiger charge is -2.26. The van der Waals surface area contributed by atoms with Gasteiger partial charge in [-0.1, -0.05) is 30.3 Å². The number of carbonyl (C=O) groups excluding carboxylic acids is 1. The molecule has 4 heteroatoms. The van der Waals surface area contributed by atoms with E-state index in [9.17, 15) is 4.79 Å². The van der Waals surface area contributed by atoms with Gasteiger partial charge in [0.1, 0.15) is 0 Å². The zero-order chi connectivity index (χ0) is 12.6. The smallest absolute Gasteiger partial charge is 0.221 e. The zero-order valence-electron chi connectivity index (χ0n) is 10.7. The average Bonchev–Trinajstić information content (AvgIpc) is 2.45. The summed E-state index contributed by atoms with van der Waals surface area (Å²) in [6, 6.07) is 10.0. The molecule has 2 rings (SSSR count). The summed E-state index contributed by atoms with van der Waals surface area (Å²) in [6.07, 6.45) is 0.590. The molecule has 4 nitrogen and oxygen atoms in total. The molecule has 1 saturated heterocycles. The molecule has 18 heavy (non-hydrogen) atoms. The molecule has 0 bridgehead atoms.